The number of aromatic amines is 1. The second-order valence-corrected chi connectivity index (χ2v) is 3.80. The van der Waals surface area contributed by atoms with Gasteiger partial charge in [-0.05, 0) is 11.6 Å². The summed E-state index contributed by atoms with van der Waals surface area (Å²) in [6, 6.07) is 12.0. The second-order valence-electron chi connectivity index (χ2n) is 3.80. The van der Waals surface area contributed by atoms with E-state index in [-0.39, 0.29) is 5.69 Å². The molecule has 6 heteroatoms. The number of non-ortho nitro benzene ring substituents is 1. The zero-order valence-corrected chi connectivity index (χ0v) is 9.20. The van der Waals surface area contributed by atoms with Gasteiger partial charge in [0.2, 0.25) is 0 Å². The first-order valence-corrected chi connectivity index (χ1v) is 5.30. The summed E-state index contributed by atoms with van der Waals surface area (Å²) in [5.41, 5.74) is 3.08. The molecule has 0 aliphatic rings. The van der Waals surface area contributed by atoms with Crippen molar-refractivity contribution in [2.24, 2.45) is 0 Å². The molecule has 0 aliphatic carbocycles. The van der Waals surface area contributed by atoms with Crippen LogP contribution >= 0.6 is 0 Å². The number of benzene rings is 2. The van der Waals surface area contributed by atoms with Crippen LogP contribution < -0.4 is 0 Å². The number of aromatic nitrogens is 3. The summed E-state index contributed by atoms with van der Waals surface area (Å²) in [6.07, 6.45) is 0. The maximum absolute atomic E-state index is 10.8. The molecule has 88 valence electrons. The Morgan fingerprint density at radius 2 is 1.94 bits per heavy atom. The molecule has 0 bridgehead atoms. The Kier molecular flexibility index (Phi) is 2.26. The summed E-state index contributed by atoms with van der Waals surface area (Å²) in [7, 11) is 0. The molecule has 0 radical (unpaired) electrons. The molecule has 0 unspecified atom stereocenters. The van der Waals surface area contributed by atoms with Crippen molar-refractivity contribution in [1.29, 1.82) is 0 Å². The monoisotopic (exact) mass is 240 g/mol. The van der Waals surface area contributed by atoms with Gasteiger partial charge >= 0.3 is 0 Å². The first-order valence-electron chi connectivity index (χ1n) is 5.30. The topological polar surface area (TPSA) is 84.7 Å². The van der Waals surface area contributed by atoms with Gasteiger partial charge in [0.1, 0.15) is 11.0 Å². The van der Waals surface area contributed by atoms with E-state index in [4.69, 9.17) is 0 Å². The molecule has 0 aliphatic heterocycles. The maximum atomic E-state index is 10.8. The number of hydrogen-bond acceptors (Lipinski definition) is 4. The van der Waals surface area contributed by atoms with E-state index in [0.29, 0.717) is 5.52 Å². The molecular formula is C12H8N4O2. The molecule has 0 saturated heterocycles. The Hall–Kier alpha value is -2.76. The molecular weight excluding hydrogens is 232 g/mol. The highest BCUT2D eigenvalue weighted by molar-refractivity contribution is 5.91. The molecule has 0 amide bonds. The van der Waals surface area contributed by atoms with Crippen molar-refractivity contribution in [2.45, 2.75) is 0 Å². The van der Waals surface area contributed by atoms with Gasteiger partial charge in [0.25, 0.3) is 5.69 Å². The average Bonchev–Trinajstić information content (AvgIpc) is 2.87. The SMILES string of the molecule is O=[N+]([O-])c1cccc(-c2cccc3n[nH]nc23)c1. The highest BCUT2D eigenvalue weighted by Crippen LogP contribution is 2.28. The van der Waals surface area contributed by atoms with Crippen molar-refractivity contribution in [2.75, 3.05) is 0 Å². The molecule has 1 heterocycles. The van der Waals surface area contributed by atoms with Gasteiger partial charge in [-0.25, -0.2) is 0 Å². The Morgan fingerprint density at radius 1 is 1.11 bits per heavy atom. The third-order valence-corrected chi connectivity index (χ3v) is 2.71. The van der Waals surface area contributed by atoms with Crippen molar-refractivity contribution in [3.8, 4) is 11.1 Å². The summed E-state index contributed by atoms with van der Waals surface area (Å²) in [5.74, 6) is 0. The molecule has 3 rings (SSSR count). The predicted octanol–water partition coefficient (Wildman–Crippen LogP) is 2.53. The van der Waals surface area contributed by atoms with E-state index in [2.05, 4.69) is 15.4 Å². The minimum atomic E-state index is -0.410. The summed E-state index contributed by atoms with van der Waals surface area (Å²) in [6.45, 7) is 0. The second kappa shape index (κ2) is 3.92. The van der Waals surface area contributed by atoms with Crippen LogP contribution in [0.3, 0.4) is 0 Å². The molecule has 1 aromatic heterocycles. The number of H-pyrrole nitrogens is 1. The van der Waals surface area contributed by atoms with Gasteiger partial charge in [-0.3, -0.25) is 10.1 Å². The minimum Gasteiger partial charge on any atom is -0.258 e. The molecule has 2 aromatic carbocycles. The van der Waals surface area contributed by atoms with Crippen LogP contribution in [0.2, 0.25) is 0 Å². The van der Waals surface area contributed by atoms with E-state index in [1.54, 1.807) is 6.07 Å². The van der Waals surface area contributed by atoms with Crippen LogP contribution in [-0.2, 0) is 0 Å². The van der Waals surface area contributed by atoms with Crippen molar-refractivity contribution >= 4 is 16.7 Å². The molecule has 0 saturated carbocycles. The van der Waals surface area contributed by atoms with Crippen LogP contribution in [0.5, 0.6) is 0 Å². The highest BCUT2D eigenvalue weighted by Gasteiger charge is 2.10. The first kappa shape index (κ1) is 10.4. The van der Waals surface area contributed by atoms with Crippen molar-refractivity contribution in [3.05, 3.63) is 52.6 Å². The molecule has 0 spiro atoms. The van der Waals surface area contributed by atoms with Crippen LogP contribution in [0.4, 0.5) is 5.69 Å². The molecule has 18 heavy (non-hydrogen) atoms. The van der Waals surface area contributed by atoms with Crippen molar-refractivity contribution in [1.82, 2.24) is 15.4 Å². The first-order chi connectivity index (χ1) is 8.75. The lowest BCUT2D eigenvalue weighted by Gasteiger charge is -2.01. The van der Waals surface area contributed by atoms with Gasteiger partial charge in [-0.1, -0.05) is 24.3 Å². The quantitative estimate of drug-likeness (QED) is 0.551. The van der Waals surface area contributed by atoms with Gasteiger partial charge in [-0.2, -0.15) is 15.4 Å². The zero-order chi connectivity index (χ0) is 12.5. The number of nitro groups is 1. The molecule has 0 atom stereocenters. The van der Waals surface area contributed by atoms with Crippen molar-refractivity contribution < 1.29 is 4.92 Å². The van der Waals surface area contributed by atoms with Gasteiger partial charge in [0, 0.05) is 17.7 Å². The van der Waals surface area contributed by atoms with E-state index in [1.807, 2.05) is 24.3 Å². The highest BCUT2D eigenvalue weighted by atomic mass is 16.6. The van der Waals surface area contributed by atoms with Gasteiger partial charge in [0.15, 0.2) is 0 Å². The Balaban J connectivity index is 2.23. The standard InChI is InChI=1S/C12H8N4O2/c17-16(18)9-4-1-3-8(7-9)10-5-2-6-11-12(10)14-15-13-11/h1-7H,(H,13,14,15). The van der Waals surface area contributed by atoms with E-state index < -0.39 is 4.92 Å². The van der Waals surface area contributed by atoms with Gasteiger partial charge in [-0.15, -0.1) is 0 Å². The number of fused-ring (bicyclic) bond motifs is 1. The third kappa shape index (κ3) is 1.60. The van der Waals surface area contributed by atoms with E-state index >= 15 is 0 Å². The fourth-order valence-electron chi connectivity index (χ4n) is 1.89. The Morgan fingerprint density at radius 3 is 2.78 bits per heavy atom. The lowest BCUT2D eigenvalue weighted by molar-refractivity contribution is -0.384. The van der Waals surface area contributed by atoms with Gasteiger partial charge in [0.05, 0.1) is 4.92 Å². The van der Waals surface area contributed by atoms with Crippen LogP contribution in [-0.4, -0.2) is 20.3 Å². The normalized spacial score (nSPS) is 10.7. The van der Waals surface area contributed by atoms with Crippen LogP contribution in [0, 0.1) is 10.1 Å². The third-order valence-electron chi connectivity index (χ3n) is 2.71. The lowest BCUT2D eigenvalue weighted by atomic mass is 10.0. The lowest BCUT2D eigenvalue weighted by Crippen LogP contribution is -1.88. The maximum Gasteiger partial charge on any atom is 0.270 e. The van der Waals surface area contributed by atoms with Crippen LogP contribution in [0.25, 0.3) is 22.2 Å². The summed E-state index contributed by atoms with van der Waals surface area (Å²) in [4.78, 5) is 10.4. The van der Waals surface area contributed by atoms with Crippen LogP contribution in [0.1, 0.15) is 0 Å². The molecule has 3 aromatic rings. The Labute approximate surface area is 101 Å². The average molecular weight is 240 g/mol. The van der Waals surface area contributed by atoms with Crippen LogP contribution in [0.15, 0.2) is 42.5 Å². The summed E-state index contributed by atoms with van der Waals surface area (Å²) in [5, 5.41) is 21.4. The smallest absolute Gasteiger partial charge is 0.258 e. The van der Waals surface area contributed by atoms with Crippen molar-refractivity contribution in [3.63, 3.8) is 0 Å². The van der Waals surface area contributed by atoms with E-state index in [1.165, 1.54) is 12.1 Å². The van der Waals surface area contributed by atoms with Gasteiger partial charge < -0.3 is 0 Å². The number of para-hydroxylation sites is 1. The van der Waals surface area contributed by atoms with E-state index in [0.717, 1.165) is 16.6 Å². The largest absolute Gasteiger partial charge is 0.270 e. The summed E-state index contributed by atoms with van der Waals surface area (Å²) >= 11 is 0. The predicted molar refractivity (Wildman–Crippen MR) is 66.0 cm³/mol. The molecule has 6 nitrogen and oxygen atoms in total. The summed E-state index contributed by atoms with van der Waals surface area (Å²) < 4.78 is 0. The fraction of sp³-hybridized carbons (Fsp3) is 0. The molecule has 0 fully saturated rings. The number of nitrogens with zero attached hydrogens (tertiary/aromatic N) is 3. The Bertz CT molecular complexity index is 736. The zero-order valence-electron chi connectivity index (χ0n) is 9.20. The number of nitro benzene ring substituents is 1. The molecule has 1 N–H and O–H groups in total. The number of nitrogens with one attached hydrogen (secondary N) is 1. The number of hydrogen-bond donors (Lipinski definition) is 1. The fourth-order valence-corrected chi connectivity index (χ4v) is 1.89. The minimum absolute atomic E-state index is 0.0630. The number of rotatable bonds is 2. The van der Waals surface area contributed by atoms with E-state index in [9.17, 15) is 10.1 Å².